The smallest absolute Gasteiger partial charge is 0.244 e. The second kappa shape index (κ2) is 7.00. The lowest BCUT2D eigenvalue weighted by atomic mass is 10.4. The van der Waals surface area contributed by atoms with Crippen LogP contribution in [0.1, 0.15) is 18.7 Å². The van der Waals surface area contributed by atoms with Gasteiger partial charge in [0.15, 0.2) is 0 Å². The summed E-state index contributed by atoms with van der Waals surface area (Å²) in [7, 11) is -3.33. The molecule has 2 rings (SSSR count). The molecule has 1 aromatic rings. The molecule has 1 aliphatic rings. The van der Waals surface area contributed by atoms with Gasteiger partial charge in [-0.3, -0.25) is 0 Å². The van der Waals surface area contributed by atoms with Crippen LogP contribution in [0.2, 0.25) is 0 Å². The van der Waals surface area contributed by atoms with E-state index in [0.29, 0.717) is 24.5 Å². The lowest BCUT2D eigenvalue weighted by molar-refractivity contribution is 0.196. The third-order valence-electron chi connectivity index (χ3n) is 3.64. The second-order valence-corrected chi connectivity index (χ2v) is 7.73. The van der Waals surface area contributed by atoms with E-state index in [4.69, 9.17) is 0 Å². The number of nitrogens with one attached hydrogen (secondary N) is 1. The molecule has 7 heteroatoms. The molecule has 0 amide bonds. The summed E-state index contributed by atoms with van der Waals surface area (Å²) in [5.74, 6) is 0. The van der Waals surface area contributed by atoms with E-state index in [1.54, 1.807) is 10.4 Å². The van der Waals surface area contributed by atoms with Gasteiger partial charge >= 0.3 is 0 Å². The molecule has 1 saturated heterocycles. The third-order valence-corrected chi connectivity index (χ3v) is 6.67. The fourth-order valence-electron chi connectivity index (χ4n) is 2.35. The van der Waals surface area contributed by atoms with Crippen LogP contribution >= 0.6 is 11.3 Å². The Hall–Kier alpha value is -0.470. The molecule has 1 aliphatic heterocycles. The lowest BCUT2D eigenvalue weighted by Gasteiger charge is -2.33. The topological polar surface area (TPSA) is 52.7 Å². The molecule has 0 aromatic carbocycles. The molecule has 20 heavy (non-hydrogen) atoms. The Kier molecular flexibility index (Phi) is 5.57. The molecule has 0 bridgehead atoms. The summed E-state index contributed by atoms with van der Waals surface area (Å²) in [5, 5.41) is 5.06. The number of hydrogen-bond acceptors (Lipinski definition) is 5. The Balaban J connectivity index is 2.12. The van der Waals surface area contributed by atoms with Crippen molar-refractivity contribution in [1.82, 2.24) is 14.5 Å². The number of nitrogens with zero attached hydrogens (tertiary/aromatic N) is 2. The zero-order chi connectivity index (χ0) is 14.6. The zero-order valence-electron chi connectivity index (χ0n) is 12.1. The molecule has 0 unspecified atom stereocenters. The molecule has 0 radical (unpaired) electrons. The predicted molar refractivity (Wildman–Crippen MR) is 82.6 cm³/mol. The Morgan fingerprint density at radius 1 is 1.25 bits per heavy atom. The quantitative estimate of drug-likeness (QED) is 0.856. The number of thiophene rings is 1. The first-order valence-electron chi connectivity index (χ1n) is 7.09. The highest BCUT2D eigenvalue weighted by Crippen LogP contribution is 2.25. The third kappa shape index (κ3) is 3.40. The summed E-state index contributed by atoms with van der Waals surface area (Å²) < 4.78 is 27.0. The van der Waals surface area contributed by atoms with Crippen molar-refractivity contribution in [1.29, 1.82) is 0 Å². The van der Waals surface area contributed by atoms with Gasteiger partial charge in [-0.15, -0.1) is 11.3 Å². The van der Waals surface area contributed by atoms with Crippen LogP contribution in [0.5, 0.6) is 0 Å². The van der Waals surface area contributed by atoms with E-state index in [1.165, 1.54) is 11.3 Å². The van der Waals surface area contributed by atoms with Crippen molar-refractivity contribution in [3.8, 4) is 0 Å². The summed E-state index contributed by atoms with van der Waals surface area (Å²) in [5.41, 5.74) is 0. The minimum Gasteiger partial charge on any atom is -0.312 e. The van der Waals surface area contributed by atoms with Crippen molar-refractivity contribution in [2.75, 3.05) is 39.3 Å². The SMILES string of the molecule is CCNCc1sccc1S(=O)(=O)N1CCN(CC)CC1. The van der Waals surface area contributed by atoms with E-state index in [1.807, 2.05) is 12.3 Å². The van der Waals surface area contributed by atoms with Gasteiger partial charge < -0.3 is 10.2 Å². The standard InChI is InChI=1S/C13H23N3O2S2/c1-3-14-11-12-13(5-10-19-12)20(17,18)16-8-6-15(4-2)7-9-16/h5,10,14H,3-4,6-9,11H2,1-2H3. The van der Waals surface area contributed by atoms with Crippen molar-refractivity contribution in [2.24, 2.45) is 0 Å². The summed E-state index contributed by atoms with van der Waals surface area (Å²) in [4.78, 5) is 3.66. The number of piperazine rings is 1. The summed E-state index contributed by atoms with van der Waals surface area (Å²) in [6.07, 6.45) is 0. The molecular formula is C13H23N3O2S2. The lowest BCUT2D eigenvalue weighted by Crippen LogP contribution is -2.48. The van der Waals surface area contributed by atoms with Gasteiger partial charge in [0.1, 0.15) is 0 Å². The largest absolute Gasteiger partial charge is 0.312 e. The first kappa shape index (κ1) is 15.9. The van der Waals surface area contributed by atoms with E-state index in [9.17, 15) is 8.42 Å². The highest BCUT2D eigenvalue weighted by atomic mass is 32.2. The maximum Gasteiger partial charge on any atom is 0.244 e. The maximum absolute atomic E-state index is 12.7. The zero-order valence-corrected chi connectivity index (χ0v) is 13.8. The predicted octanol–water partition coefficient (Wildman–Crippen LogP) is 1.18. The minimum absolute atomic E-state index is 0.480. The van der Waals surface area contributed by atoms with Crippen LogP contribution in [0, 0.1) is 0 Å². The molecule has 0 atom stereocenters. The fraction of sp³-hybridized carbons (Fsp3) is 0.692. The van der Waals surface area contributed by atoms with Gasteiger partial charge in [-0.2, -0.15) is 4.31 Å². The number of likely N-dealkylation sites (N-methyl/N-ethyl adjacent to an activating group) is 1. The van der Waals surface area contributed by atoms with Gasteiger partial charge in [-0.1, -0.05) is 13.8 Å². The maximum atomic E-state index is 12.7. The summed E-state index contributed by atoms with van der Waals surface area (Å²) in [6.45, 7) is 9.40. The molecule has 1 aromatic heterocycles. The van der Waals surface area contributed by atoms with E-state index in [2.05, 4.69) is 17.1 Å². The highest BCUT2D eigenvalue weighted by Gasteiger charge is 2.30. The first-order valence-corrected chi connectivity index (χ1v) is 9.41. The Labute approximate surface area is 125 Å². The summed E-state index contributed by atoms with van der Waals surface area (Å²) in [6, 6.07) is 1.73. The molecular weight excluding hydrogens is 294 g/mol. The fourth-order valence-corrected chi connectivity index (χ4v) is 5.16. The summed E-state index contributed by atoms with van der Waals surface area (Å²) >= 11 is 1.51. The van der Waals surface area contributed by atoms with Gasteiger partial charge in [0.25, 0.3) is 0 Å². The van der Waals surface area contributed by atoms with Crippen LogP contribution in [-0.2, 0) is 16.6 Å². The van der Waals surface area contributed by atoms with Gasteiger partial charge in [-0.25, -0.2) is 8.42 Å². The minimum atomic E-state index is -3.33. The molecule has 0 saturated carbocycles. The van der Waals surface area contributed by atoms with Crippen LogP contribution < -0.4 is 5.32 Å². The number of sulfonamides is 1. The van der Waals surface area contributed by atoms with E-state index in [-0.39, 0.29) is 0 Å². The number of hydrogen-bond donors (Lipinski definition) is 1. The van der Waals surface area contributed by atoms with E-state index >= 15 is 0 Å². The second-order valence-electron chi connectivity index (χ2n) is 4.83. The molecule has 1 fully saturated rings. The molecule has 2 heterocycles. The molecule has 0 aliphatic carbocycles. The highest BCUT2D eigenvalue weighted by molar-refractivity contribution is 7.89. The Morgan fingerprint density at radius 3 is 2.55 bits per heavy atom. The van der Waals surface area contributed by atoms with E-state index in [0.717, 1.165) is 31.1 Å². The van der Waals surface area contributed by atoms with Crippen LogP contribution in [0.15, 0.2) is 16.3 Å². The molecule has 1 N–H and O–H groups in total. The van der Waals surface area contributed by atoms with Crippen molar-refractivity contribution >= 4 is 21.4 Å². The van der Waals surface area contributed by atoms with Crippen molar-refractivity contribution < 1.29 is 8.42 Å². The average molecular weight is 317 g/mol. The van der Waals surface area contributed by atoms with Crippen LogP contribution in [0.3, 0.4) is 0 Å². The van der Waals surface area contributed by atoms with Crippen molar-refractivity contribution in [2.45, 2.75) is 25.3 Å². The van der Waals surface area contributed by atoms with Gasteiger partial charge in [0, 0.05) is 37.6 Å². The van der Waals surface area contributed by atoms with Crippen molar-refractivity contribution in [3.05, 3.63) is 16.3 Å². The van der Waals surface area contributed by atoms with Gasteiger partial charge in [0.2, 0.25) is 10.0 Å². The van der Waals surface area contributed by atoms with Crippen LogP contribution in [0.25, 0.3) is 0 Å². The van der Waals surface area contributed by atoms with Crippen LogP contribution in [0.4, 0.5) is 0 Å². The monoisotopic (exact) mass is 317 g/mol. The molecule has 114 valence electrons. The molecule has 0 spiro atoms. The number of rotatable bonds is 6. The normalized spacial score (nSPS) is 18.5. The Bertz CT molecular complexity index is 519. The molecule has 5 nitrogen and oxygen atoms in total. The first-order chi connectivity index (χ1) is 9.59. The van der Waals surface area contributed by atoms with E-state index < -0.39 is 10.0 Å². The average Bonchev–Trinajstić information content (AvgIpc) is 2.94. The van der Waals surface area contributed by atoms with Gasteiger partial charge in [-0.05, 0) is 24.5 Å². The van der Waals surface area contributed by atoms with Crippen molar-refractivity contribution in [3.63, 3.8) is 0 Å². The van der Waals surface area contributed by atoms with Crippen LogP contribution in [-0.4, -0.2) is 56.9 Å². The Morgan fingerprint density at radius 2 is 1.95 bits per heavy atom. The van der Waals surface area contributed by atoms with Gasteiger partial charge in [0.05, 0.1) is 4.90 Å².